The number of rotatable bonds is 5. The van der Waals surface area contributed by atoms with Gasteiger partial charge in [-0.2, -0.15) is 0 Å². The molecule has 0 spiro atoms. The zero-order valence-electron chi connectivity index (χ0n) is 18.3. The molecule has 7 heteroatoms. The highest BCUT2D eigenvalue weighted by atomic mass is 16.5. The molecule has 1 aromatic heterocycles. The zero-order chi connectivity index (χ0) is 21.9. The van der Waals surface area contributed by atoms with Crippen LogP contribution >= 0.6 is 0 Å². The minimum absolute atomic E-state index is 0.179. The Kier molecular flexibility index (Phi) is 5.92. The number of fused-ring (bicyclic) bond motifs is 1. The lowest BCUT2D eigenvalue weighted by atomic mass is 9.94. The number of benzene rings is 2. The van der Waals surface area contributed by atoms with E-state index in [0.29, 0.717) is 6.54 Å². The lowest BCUT2D eigenvalue weighted by Crippen LogP contribution is -2.55. The predicted octanol–water partition coefficient (Wildman–Crippen LogP) is 3.23. The SMILES string of the molecule is COc1ccc(Nc2cc(N3CCC(N4CCc5ccccc5C4)[C@@H](O)C3)ncn2)cc1. The predicted molar refractivity (Wildman–Crippen MR) is 125 cm³/mol. The molecule has 166 valence electrons. The smallest absolute Gasteiger partial charge is 0.135 e. The fraction of sp³-hybridized carbons (Fsp3) is 0.360. The van der Waals surface area contributed by atoms with Gasteiger partial charge in [0.05, 0.1) is 13.2 Å². The molecule has 3 aromatic rings. The van der Waals surface area contributed by atoms with Gasteiger partial charge in [-0.15, -0.1) is 0 Å². The largest absolute Gasteiger partial charge is 0.497 e. The van der Waals surface area contributed by atoms with Crippen molar-refractivity contribution in [2.45, 2.75) is 31.5 Å². The van der Waals surface area contributed by atoms with Crippen molar-refractivity contribution in [3.63, 3.8) is 0 Å². The molecule has 2 aliphatic rings. The van der Waals surface area contributed by atoms with Crippen molar-refractivity contribution in [1.29, 1.82) is 0 Å². The number of ether oxygens (including phenoxy) is 1. The molecule has 7 nitrogen and oxygen atoms in total. The number of anilines is 3. The monoisotopic (exact) mass is 431 g/mol. The average Bonchev–Trinajstić information content (AvgIpc) is 2.84. The third kappa shape index (κ3) is 4.40. The second-order valence-electron chi connectivity index (χ2n) is 8.47. The fourth-order valence-electron chi connectivity index (χ4n) is 4.76. The maximum Gasteiger partial charge on any atom is 0.135 e. The molecule has 2 atom stereocenters. The van der Waals surface area contributed by atoms with Crippen molar-refractivity contribution >= 4 is 17.3 Å². The molecule has 3 heterocycles. The minimum Gasteiger partial charge on any atom is -0.497 e. The summed E-state index contributed by atoms with van der Waals surface area (Å²) in [6.07, 6.45) is 3.12. The van der Waals surface area contributed by atoms with Gasteiger partial charge in [-0.3, -0.25) is 4.90 Å². The lowest BCUT2D eigenvalue weighted by Gasteiger charge is -2.43. The van der Waals surface area contributed by atoms with E-state index >= 15 is 0 Å². The van der Waals surface area contributed by atoms with Crippen molar-refractivity contribution in [1.82, 2.24) is 14.9 Å². The number of hydrogen-bond donors (Lipinski definition) is 2. The molecule has 5 rings (SSSR count). The Labute approximate surface area is 188 Å². The number of β-amino-alcohol motifs (C(OH)–C–C–N with tert-alkyl or cyclic N) is 1. The summed E-state index contributed by atoms with van der Waals surface area (Å²) in [6, 6.07) is 18.5. The molecular weight excluding hydrogens is 402 g/mol. The third-order valence-electron chi connectivity index (χ3n) is 6.51. The molecule has 1 unspecified atom stereocenters. The Bertz CT molecular complexity index is 1060. The van der Waals surface area contributed by atoms with E-state index < -0.39 is 6.10 Å². The van der Waals surface area contributed by atoms with E-state index in [-0.39, 0.29) is 6.04 Å². The summed E-state index contributed by atoms with van der Waals surface area (Å²) in [5.41, 5.74) is 3.76. The summed E-state index contributed by atoms with van der Waals surface area (Å²) < 4.78 is 5.21. The number of methoxy groups -OCH3 is 1. The topological polar surface area (TPSA) is 73.8 Å². The molecule has 2 aliphatic heterocycles. The van der Waals surface area contributed by atoms with E-state index in [1.807, 2.05) is 30.3 Å². The van der Waals surface area contributed by atoms with Gasteiger partial charge in [-0.1, -0.05) is 24.3 Å². The van der Waals surface area contributed by atoms with E-state index in [1.165, 1.54) is 11.1 Å². The molecule has 0 aliphatic carbocycles. The van der Waals surface area contributed by atoms with Gasteiger partial charge in [0.1, 0.15) is 23.7 Å². The number of nitrogens with one attached hydrogen (secondary N) is 1. The zero-order valence-corrected chi connectivity index (χ0v) is 18.3. The molecule has 1 fully saturated rings. The normalized spacial score (nSPS) is 21.1. The molecule has 32 heavy (non-hydrogen) atoms. The van der Waals surface area contributed by atoms with Gasteiger partial charge in [0, 0.05) is 44.0 Å². The first-order chi connectivity index (χ1) is 15.7. The van der Waals surface area contributed by atoms with Crippen molar-refractivity contribution in [3.05, 3.63) is 72.1 Å². The molecule has 0 radical (unpaired) electrons. The van der Waals surface area contributed by atoms with Crippen LogP contribution < -0.4 is 15.0 Å². The number of aliphatic hydroxyl groups is 1. The van der Waals surface area contributed by atoms with Gasteiger partial charge < -0.3 is 20.1 Å². The second-order valence-corrected chi connectivity index (χ2v) is 8.47. The maximum absolute atomic E-state index is 11.0. The summed E-state index contributed by atoms with van der Waals surface area (Å²) >= 11 is 0. The maximum atomic E-state index is 11.0. The fourth-order valence-corrected chi connectivity index (χ4v) is 4.76. The highest BCUT2D eigenvalue weighted by Gasteiger charge is 2.34. The highest BCUT2D eigenvalue weighted by Crippen LogP contribution is 2.28. The Morgan fingerprint density at radius 2 is 1.84 bits per heavy atom. The Balaban J connectivity index is 1.23. The van der Waals surface area contributed by atoms with Crippen LogP contribution in [0.1, 0.15) is 17.5 Å². The van der Waals surface area contributed by atoms with Crippen LogP contribution in [0.4, 0.5) is 17.3 Å². The first-order valence-electron chi connectivity index (χ1n) is 11.2. The quantitative estimate of drug-likeness (QED) is 0.643. The number of hydrogen-bond acceptors (Lipinski definition) is 7. The van der Waals surface area contributed by atoms with E-state index in [1.54, 1.807) is 13.4 Å². The van der Waals surface area contributed by atoms with Crippen LogP contribution in [0.25, 0.3) is 0 Å². The second kappa shape index (κ2) is 9.14. The molecule has 1 saturated heterocycles. The number of nitrogens with zero attached hydrogens (tertiary/aromatic N) is 4. The molecular formula is C25H29N5O2. The van der Waals surface area contributed by atoms with Gasteiger partial charge in [0.2, 0.25) is 0 Å². The average molecular weight is 432 g/mol. The Hall–Kier alpha value is -3.16. The highest BCUT2D eigenvalue weighted by molar-refractivity contribution is 5.60. The summed E-state index contributed by atoms with van der Waals surface area (Å²) in [6.45, 7) is 3.35. The Morgan fingerprint density at radius 3 is 2.62 bits per heavy atom. The Morgan fingerprint density at radius 1 is 1.03 bits per heavy atom. The van der Waals surface area contributed by atoms with Crippen LogP contribution in [0.5, 0.6) is 5.75 Å². The number of aliphatic hydroxyl groups excluding tert-OH is 1. The van der Waals surface area contributed by atoms with E-state index in [4.69, 9.17) is 4.74 Å². The van der Waals surface area contributed by atoms with Crippen LogP contribution in [0.2, 0.25) is 0 Å². The van der Waals surface area contributed by atoms with Crippen molar-refractivity contribution in [2.24, 2.45) is 0 Å². The van der Waals surface area contributed by atoms with E-state index in [9.17, 15) is 5.11 Å². The first-order valence-corrected chi connectivity index (χ1v) is 11.2. The number of aromatic nitrogens is 2. The van der Waals surface area contributed by atoms with Gasteiger partial charge in [-0.25, -0.2) is 9.97 Å². The van der Waals surface area contributed by atoms with E-state index in [0.717, 1.165) is 55.5 Å². The van der Waals surface area contributed by atoms with Crippen molar-refractivity contribution in [2.75, 3.05) is 37.0 Å². The van der Waals surface area contributed by atoms with Crippen molar-refractivity contribution in [3.8, 4) is 5.75 Å². The molecule has 2 N–H and O–H groups in total. The molecule has 0 saturated carbocycles. The van der Waals surface area contributed by atoms with Gasteiger partial charge in [0.25, 0.3) is 0 Å². The van der Waals surface area contributed by atoms with Crippen molar-refractivity contribution < 1.29 is 9.84 Å². The van der Waals surface area contributed by atoms with E-state index in [2.05, 4.69) is 49.4 Å². The molecule has 2 aromatic carbocycles. The number of piperidine rings is 1. The third-order valence-corrected chi connectivity index (χ3v) is 6.51. The van der Waals surface area contributed by atoms with Gasteiger partial charge in [-0.05, 0) is 48.2 Å². The van der Waals surface area contributed by atoms with Crippen LogP contribution in [0.3, 0.4) is 0 Å². The summed E-state index contributed by atoms with van der Waals surface area (Å²) in [5.74, 6) is 2.37. The van der Waals surface area contributed by atoms with Crippen LogP contribution in [0.15, 0.2) is 60.9 Å². The molecule has 0 bridgehead atoms. The van der Waals surface area contributed by atoms with Gasteiger partial charge >= 0.3 is 0 Å². The minimum atomic E-state index is -0.415. The summed E-state index contributed by atoms with van der Waals surface area (Å²) in [7, 11) is 1.65. The molecule has 0 amide bonds. The van der Waals surface area contributed by atoms with Crippen LogP contribution in [0, 0.1) is 0 Å². The van der Waals surface area contributed by atoms with Crippen LogP contribution in [-0.4, -0.2) is 58.9 Å². The van der Waals surface area contributed by atoms with Gasteiger partial charge in [0.15, 0.2) is 0 Å². The first kappa shape index (κ1) is 20.7. The lowest BCUT2D eigenvalue weighted by molar-refractivity contribution is 0.0293. The van der Waals surface area contributed by atoms with Crippen LogP contribution in [-0.2, 0) is 13.0 Å². The summed E-state index contributed by atoms with van der Waals surface area (Å²) in [5, 5.41) is 14.3. The standard InChI is InChI=1S/C25H29N5O2/c1-32-21-8-6-20(7-9-21)28-24-14-25(27-17-26-24)30-13-11-22(23(31)16-30)29-12-10-18-4-2-3-5-19(18)15-29/h2-9,14,17,22-23,31H,10-13,15-16H2,1H3,(H,26,27,28)/t22?,23-/m0/s1. The summed E-state index contributed by atoms with van der Waals surface area (Å²) in [4.78, 5) is 13.4.